The van der Waals surface area contributed by atoms with Gasteiger partial charge in [-0.05, 0) is 54.6 Å². The summed E-state index contributed by atoms with van der Waals surface area (Å²) in [6, 6.07) is 19.0. The summed E-state index contributed by atoms with van der Waals surface area (Å²) < 4.78 is 0. The monoisotopic (exact) mass is 364 g/mol. The van der Waals surface area contributed by atoms with Crippen molar-refractivity contribution in [3.63, 3.8) is 0 Å². The zero-order valence-electron chi connectivity index (χ0n) is 14.5. The fraction of sp³-hybridized carbons (Fsp3) is 0.143. The van der Waals surface area contributed by atoms with E-state index in [4.69, 9.17) is 0 Å². The lowest BCUT2D eigenvalue weighted by Gasteiger charge is -2.08. The smallest absolute Gasteiger partial charge is 0.265 e. The molecule has 2 amide bonds. The molecule has 2 aromatic carbocycles. The number of aryl methyl sites for hydroxylation is 2. The molecule has 0 unspecified atom stereocenters. The van der Waals surface area contributed by atoms with Gasteiger partial charge < -0.3 is 10.6 Å². The van der Waals surface area contributed by atoms with Crippen LogP contribution in [-0.2, 0) is 11.2 Å². The van der Waals surface area contributed by atoms with E-state index in [0.29, 0.717) is 29.1 Å². The van der Waals surface area contributed by atoms with Crippen molar-refractivity contribution >= 4 is 34.5 Å². The first-order valence-electron chi connectivity index (χ1n) is 8.40. The van der Waals surface area contributed by atoms with Crippen LogP contribution in [0.3, 0.4) is 0 Å². The Balaban J connectivity index is 1.49. The molecule has 3 aromatic rings. The third-order valence-corrected chi connectivity index (χ3v) is 4.80. The lowest BCUT2D eigenvalue weighted by molar-refractivity contribution is -0.116. The van der Waals surface area contributed by atoms with E-state index in [1.54, 1.807) is 30.3 Å². The molecule has 1 aromatic heterocycles. The minimum atomic E-state index is -0.130. The first kappa shape index (κ1) is 17.9. The van der Waals surface area contributed by atoms with Gasteiger partial charge in [-0.1, -0.05) is 35.9 Å². The van der Waals surface area contributed by atoms with Gasteiger partial charge in [0.1, 0.15) is 0 Å². The molecule has 132 valence electrons. The van der Waals surface area contributed by atoms with Crippen LogP contribution in [0.15, 0.2) is 66.0 Å². The van der Waals surface area contributed by atoms with Crippen molar-refractivity contribution in [2.75, 3.05) is 10.6 Å². The fourth-order valence-corrected chi connectivity index (χ4v) is 3.09. The van der Waals surface area contributed by atoms with Crippen LogP contribution >= 0.6 is 11.3 Å². The quantitative estimate of drug-likeness (QED) is 0.655. The van der Waals surface area contributed by atoms with E-state index < -0.39 is 0 Å². The van der Waals surface area contributed by atoms with Crippen LogP contribution in [0.1, 0.15) is 27.2 Å². The van der Waals surface area contributed by atoms with Crippen LogP contribution in [0.25, 0.3) is 0 Å². The molecular weight excluding hydrogens is 344 g/mol. The Morgan fingerprint density at radius 1 is 0.885 bits per heavy atom. The number of carbonyl (C=O) groups is 2. The predicted octanol–water partition coefficient (Wildman–Crippen LogP) is 4.88. The van der Waals surface area contributed by atoms with Gasteiger partial charge in [-0.25, -0.2) is 0 Å². The third kappa shape index (κ3) is 5.04. The molecule has 0 radical (unpaired) electrons. The van der Waals surface area contributed by atoms with Crippen LogP contribution in [0.2, 0.25) is 0 Å². The van der Waals surface area contributed by atoms with E-state index in [1.165, 1.54) is 16.9 Å². The van der Waals surface area contributed by atoms with Crippen molar-refractivity contribution in [2.45, 2.75) is 19.8 Å². The van der Waals surface area contributed by atoms with Gasteiger partial charge >= 0.3 is 0 Å². The van der Waals surface area contributed by atoms with E-state index in [0.717, 1.165) is 5.56 Å². The fourth-order valence-electron chi connectivity index (χ4n) is 2.47. The van der Waals surface area contributed by atoms with Crippen LogP contribution in [0.5, 0.6) is 0 Å². The van der Waals surface area contributed by atoms with E-state index in [-0.39, 0.29) is 11.8 Å². The zero-order valence-corrected chi connectivity index (χ0v) is 15.3. The second-order valence-corrected chi connectivity index (χ2v) is 6.99. The van der Waals surface area contributed by atoms with Gasteiger partial charge in [-0.2, -0.15) is 0 Å². The normalized spacial score (nSPS) is 10.3. The van der Waals surface area contributed by atoms with Crippen LogP contribution in [0.4, 0.5) is 11.4 Å². The molecule has 0 saturated heterocycles. The summed E-state index contributed by atoms with van der Waals surface area (Å²) in [4.78, 5) is 24.8. The Morgan fingerprint density at radius 3 is 2.15 bits per heavy atom. The van der Waals surface area contributed by atoms with Crippen LogP contribution in [-0.4, -0.2) is 11.8 Å². The standard InChI is InChI=1S/C21H20N2O2S/c1-15-4-6-16(7-5-15)8-13-20(24)22-17-9-11-18(12-10-17)23-21(25)19-3-2-14-26-19/h2-7,9-12,14H,8,13H2,1H3,(H,22,24)(H,23,25). The number of carbonyl (C=O) groups excluding carboxylic acids is 2. The molecule has 0 atom stereocenters. The molecule has 3 rings (SSSR count). The molecule has 0 bridgehead atoms. The molecule has 0 fully saturated rings. The van der Waals surface area contributed by atoms with Gasteiger partial charge in [-0.3, -0.25) is 9.59 Å². The molecule has 2 N–H and O–H groups in total. The number of hydrogen-bond donors (Lipinski definition) is 2. The summed E-state index contributed by atoms with van der Waals surface area (Å²) in [5.41, 5.74) is 3.77. The van der Waals surface area contributed by atoms with Crippen molar-refractivity contribution in [2.24, 2.45) is 0 Å². The minimum absolute atomic E-state index is 0.0269. The van der Waals surface area contributed by atoms with Gasteiger partial charge in [0.05, 0.1) is 4.88 Å². The highest BCUT2D eigenvalue weighted by Crippen LogP contribution is 2.17. The number of thiophene rings is 1. The van der Waals surface area contributed by atoms with E-state index in [2.05, 4.69) is 22.8 Å². The highest BCUT2D eigenvalue weighted by molar-refractivity contribution is 7.12. The Morgan fingerprint density at radius 2 is 1.54 bits per heavy atom. The molecule has 0 aliphatic rings. The van der Waals surface area contributed by atoms with Crippen molar-refractivity contribution in [1.29, 1.82) is 0 Å². The second kappa shape index (κ2) is 8.45. The maximum absolute atomic E-state index is 12.1. The van der Waals surface area contributed by atoms with Crippen LogP contribution < -0.4 is 10.6 Å². The number of rotatable bonds is 6. The van der Waals surface area contributed by atoms with Gasteiger partial charge in [0.2, 0.25) is 5.91 Å². The van der Waals surface area contributed by atoms with Crippen molar-refractivity contribution in [1.82, 2.24) is 0 Å². The Bertz CT molecular complexity index is 869. The van der Waals surface area contributed by atoms with Gasteiger partial charge in [-0.15, -0.1) is 11.3 Å². The van der Waals surface area contributed by atoms with Crippen molar-refractivity contribution in [3.05, 3.63) is 82.0 Å². The maximum atomic E-state index is 12.1. The predicted molar refractivity (Wildman–Crippen MR) is 107 cm³/mol. The summed E-state index contributed by atoms with van der Waals surface area (Å²) in [5, 5.41) is 7.58. The first-order chi connectivity index (χ1) is 12.6. The number of nitrogens with one attached hydrogen (secondary N) is 2. The first-order valence-corrected chi connectivity index (χ1v) is 9.28. The lowest BCUT2D eigenvalue weighted by Crippen LogP contribution is -2.13. The lowest BCUT2D eigenvalue weighted by atomic mass is 10.1. The number of hydrogen-bond acceptors (Lipinski definition) is 3. The summed E-state index contributed by atoms with van der Waals surface area (Å²) in [7, 11) is 0. The highest BCUT2D eigenvalue weighted by Gasteiger charge is 2.07. The largest absolute Gasteiger partial charge is 0.326 e. The number of benzene rings is 2. The third-order valence-electron chi connectivity index (χ3n) is 3.93. The topological polar surface area (TPSA) is 58.2 Å². The zero-order chi connectivity index (χ0) is 18.4. The van der Waals surface area contributed by atoms with Crippen molar-refractivity contribution < 1.29 is 9.59 Å². The second-order valence-electron chi connectivity index (χ2n) is 6.04. The molecule has 26 heavy (non-hydrogen) atoms. The molecule has 5 heteroatoms. The molecule has 1 heterocycles. The van der Waals surface area contributed by atoms with Gasteiger partial charge in [0.15, 0.2) is 0 Å². The van der Waals surface area contributed by atoms with E-state index >= 15 is 0 Å². The Labute approximate surface area is 156 Å². The molecule has 4 nitrogen and oxygen atoms in total. The van der Waals surface area contributed by atoms with E-state index in [9.17, 15) is 9.59 Å². The van der Waals surface area contributed by atoms with Gasteiger partial charge in [0, 0.05) is 17.8 Å². The average molecular weight is 364 g/mol. The van der Waals surface area contributed by atoms with Crippen LogP contribution in [0, 0.1) is 6.92 Å². The maximum Gasteiger partial charge on any atom is 0.265 e. The van der Waals surface area contributed by atoms with Crippen molar-refractivity contribution in [3.8, 4) is 0 Å². The highest BCUT2D eigenvalue weighted by atomic mass is 32.1. The molecule has 0 aliphatic heterocycles. The van der Waals surface area contributed by atoms with E-state index in [1.807, 2.05) is 30.5 Å². The Hall–Kier alpha value is -2.92. The summed E-state index contributed by atoms with van der Waals surface area (Å²) in [5.74, 6) is -0.157. The molecular formula is C21H20N2O2S. The number of anilines is 2. The molecule has 0 saturated carbocycles. The summed E-state index contributed by atoms with van der Waals surface area (Å²) in [6.45, 7) is 2.04. The molecule has 0 spiro atoms. The average Bonchev–Trinajstić information content (AvgIpc) is 3.18. The molecule has 0 aliphatic carbocycles. The van der Waals surface area contributed by atoms with Gasteiger partial charge in [0.25, 0.3) is 5.91 Å². The number of amides is 2. The summed E-state index contributed by atoms with van der Waals surface area (Å²) >= 11 is 1.40. The Kier molecular flexibility index (Phi) is 5.81. The summed E-state index contributed by atoms with van der Waals surface area (Å²) in [6.07, 6.45) is 1.14. The minimum Gasteiger partial charge on any atom is -0.326 e. The SMILES string of the molecule is Cc1ccc(CCC(=O)Nc2ccc(NC(=O)c3cccs3)cc2)cc1.